The number of carbonyl (C=O) groups is 1. The predicted molar refractivity (Wildman–Crippen MR) is 53.0 cm³/mol. The lowest BCUT2D eigenvalue weighted by Crippen LogP contribution is -2.31. The summed E-state index contributed by atoms with van der Waals surface area (Å²) in [4.78, 5) is 10.1. The smallest absolute Gasteiger partial charge is 0.168 e. The second-order valence-corrected chi connectivity index (χ2v) is 3.09. The minimum absolute atomic E-state index is 0.141. The van der Waals surface area contributed by atoms with Gasteiger partial charge < -0.3 is 19.4 Å². The molecule has 0 bridgehead atoms. The van der Waals surface area contributed by atoms with Crippen LogP contribution in [-0.4, -0.2) is 36.5 Å². The van der Waals surface area contributed by atoms with Gasteiger partial charge in [-0.1, -0.05) is 13.8 Å². The normalized spacial score (nSPS) is 20.9. The number of aldehydes is 1. The topological polar surface area (TPSA) is 55.8 Å². The standard InChI is InChI=1S/C8H14O4.C2H6/c1-8(11-4-5-12-8)6-7(10)2-3-9;1-2/h3,7,10H,2,4-6H2,1H3;1-2H3. The van der Waals surface area contributed by atoms with Gasteiger partial charge in [-0.2, -0.15) is 0 Å². The van der Waals surface area contributed by atoms with E-state index in [9.17, 15) is 9.90 Å². The molecule has 0 amide bonds. The van der Waals surface area contributed by atoms with Crippen LogP contribution in [0.3, 0.4) is 0 Å². The molecule has 0 saturated carbocycles. The summed E-state index contributed by atoms with van der Waals surface area (Å²) >= 11 is 0. The molecule has 1 N–H and O–H groups in total. The molecule has 0 aliphatic carbocycles. The first kappa shape index (κ1) is 13.5. The fourth-order valence-corrected chi connectivity index (χ4v) is 1.30. The van der Waals surface area contributed by atoms with Gasteiger partial charge in [-0.25, -0.2) is 0 Å². The van der Waals surface area contributed by atoms with Gasteiger partial charge in [-0.05, 0) is 6.92 Å². The van der Waals surface area contributed by atoms with Crippen LogP contribution in [0.4, 0.5) is 0 Å². The fraction of sp³-hybridized carbons (Fsp3) is 0.900. The minimum atomic E-state index is -0.692. The van der Waals surface area contributed by atoms with Crippen molar-refractivity contribution >= 4 is 6.29 Å². The molecule has 1 fully saturated rings. The Morgan fingerprint density at radius 3 is 2.36 bits per heavy atom. The fourth-order valence-electron chi connectivity index (χ4n) is 1.30. The van der Waals surface area contributed by atoms with E-state index in [0.717, 1.165) is 0 Å². The molecule has 0 radical (unpaired) electrons. The zero-order valence-corrected chi connectivity index (χ0v) is 9.16. The molecule has 1 saturated heterocycles. The van der Waals surface area contributed by atoms with E-state index in [0.29, 0.717) is 25.9 Å². The van der Waals surface area contributed by atoms with Crippen LogP contribution in [0.5, 0.6) is 0 Å². The molecule has 0 spiro atoms. The number of hydrogen-bond donors (Lipinski definition) is 1. The van der Waals surface area contributed by atoms with Crippen LogP contribution in [0.25, 0.3) is 0 Å². The third-order valence-corrected chi connectivity index (χ3v) is 1.87. The first-order valence-corrected chi connectivity index (χ1v) is 5.06. The van der Waals surface area contributed by atoms with Gasteiger partial charge in [0.25, 0.3) is 0 Å². The van der Waals surface area contributed by atoms with Crippen molar-refractivity contribution < 1.29 is 19.4 Å². The highest BCUT2D eigenvalue weighted by Crippen LogP contribution is 2.24. The number of carbonyl (C=O) groups excluding carboxylic acids is 1. The maximum Gasteiger partial charge on any atom is 0.168 e. The Labute approximate surface area is 85.2 Å². The summed E-state index contributed by atoms with van der Waals surface area (Å²) in [6.07, 6.45) is 0.530. The minimum Gasteiger partial charge on any atom is -0.392 e. The van der Waals surface area contributed by atoms with E-state index in [1.807, 2.05) is 13.8 Å². The maximum absolute atomic E-state index is 10.1. The lowest BCUT2D eigenvalue weighted by Gasteiger charge is -2.24. The molecule has 1 atom stereocenters. The second-order valence-electron chi connectivity index (χ2n) is 3.09. The third kappa shape index (κ3) is 4.69. The van der Waals surface area contributed by atoms with Gasteiger partial charge in [-0.3, -0.25) is 0 Å². The Kier molecular flexibility index (Phi) is 6.70. The number of rotatable bonds is 4. The predicted octanol–water partition coefficient (Wildman–Crippen LogP) is 1.12. The molecule has 0 aromatic carbocycles. The van der Waals surface area contributed by atoms with Gasteiger partial charge in [0.15, 0.2) is 5.79 Å². The zero-order chi connectivity index (χ0) is 11.0. The summed E-state index contributed by atoms with van der Waals surface area (Å²) in [6, 6.07) is 0. The van der Waals surface area contributed by atoms with Crippen molar-refractivity contribution in [1.82, 2.24) is 0 Å². The van der Waals surface area contributed by atoms with Crippen LogP contribution in [0, 0.1) is 0 Å². The molecular weight excluding hydrogens is 184 g/mol. The second kappa shape index (κ2) is 6.92. The van der Waals surface area contributed by atoms with Crippen LogP contribution in [0.1, 0.15) is 33.6 Å². The van der Waals surface area contributed by atoms with Gasteiger partial charge in [0.1, 0.15) is 6.29 Å². The summed E-state index contributed by atoms with van der Waals surface area (Å²) in [5.74, 6) is -0.692. The Balaban J connectivity index is 0.000000791. The molecule has 14 heavy (non-hydrogen) atoms. The molecule has 1 unspecified atom stereocenters. The molecule has 84 valence electrons. The number of hydrogen-bond acceptors (Lipinski definition) is 4. The Morgan fingerprint density at radius 1 is 1.43 bits per heavy atom. The van der Waals surface area contributed by atoms with Crippen molar-refractivity contribution in [1.29, 1.82) is 0 Å². The monoisotopic (exact) mass is 204 g/mol. The van der Waals surface area contributed by atoms with Crippen molar-refractivity contribution in [3.63, 3.8) is 0 Å². The lowest BCUT2D eigenvalue weighted by atomic mass is 10.1. The summed E-state index contributed by atoms with van der Waals surface area (Å²) in [6.45, 7) is 6.89. The van der Waals surface area contributed by atoms with E-state index in [2.05, 4.69) is 0 Å². The SMILES string of the molecule is CC.CC1(CC(O)CC=O)OCCO1. The molecule has 0 aromatic rings. The van der Waals surface area contributed by atoms with Crippen molar-refractivity contribution in [3.05, 3.63) is 0 Å². The quantitative estimate of drug-likeness (QED) is 0.697. The van der Waals surface area contributed by atoms with Gasteiger partial charge in [-0.15, -0.1) is 0 Å². The number of aliphatic hydroxyl groups is 1. The molecule has 4 heteroatoms. The molecular formula is C10H20O4. The molecule has 1 heterocycles. The molecule has 0 aromatic heterocycles. The van der Waals surface area contributed by atoms with E-state index >= 15 is 0 Å². The highest BCUT2D eigenvalue weighted by Gasteiger charge is 2.33. The highest BCUT2D eigenvalue weighted by atomic mass is 16.7. The summed E-state index contributed by atoms with van der Waals surface area (Å²) in [7, 11) is 0. The number of aliphatic hydroxyl groups excluding tert-OH is 1. The zero-order valence-electron chi connectivity index (χ0n) is 9.16. The van der Waals surface area contributed by atoms with Crippen molar-refractivity contribution in [2.75, 3.05) is 13.2 Å². The van der Waals surface area contributed by atoms with E-state index in [-0.39, 0.29) is 6.42 Å². The molecule has 1 rings (SSSR count). The van der Waals surface area contributed by atoms with Crippen LogP contribution in [0.15, 0.2) is 0 Å². The average molecular weight is 204 g/mol. The molecule has 1 aliphatic heterocycles. The van der Waals surface area contributed by atoms with Crippen LogP contribution in [-0.2, 0) is 14.3 Å². The first-order valence-electron chi connectivity index (χ1n) is 5.06. The van der Waals surface area contributed by atoms with Crippen LogP contribution in [0.2, 0.25) is 0 Å². The Bertz CT molecular complexity index is 152. The van der Waals surface area contributed by atoms with Crippen molar-refractivity contribution in [2.45, 2.75) is 45.5 Å². The largest absolute Gasteiger partial charge is 0.392 e. The van der Waals surface area contributed by atoms with E-state index < -0.39 is 11.9 Å². The van der Waals surface area contributed by atoms with Crippen LogP contribution < -0.4 is 0 Å². The van der Waals surface area contributed by atoms with Crippen LogP contribution >= 0.6 is 0 Å². The summed E-state index contributed by atoms with van der Waals surface area (Å²) < 4.78 is 10.5. The summed E-state index contributed by atoms with van der Waals surface area (Å²) in [5.41, 5.74) is 0. The Morgan fingerprint density at radius 2 is 1.93 bits per heavy atom. The molecule has 4 nitrogen and oxygen atoms in total. The number of ether oxygens (including phenoxy) is 2. The molecule has 1 aliphatic rings. The maximum atomic E-state index is 10.1. The van der Waals surface area contributed by atoms with Crippen molar-refractivity contribution in [2.24, 2.45) is 0 Å². The lowest BCUT2D eigenvalue weighted by molar-refractivity contribution is -0.163. The van der Waals surface area contributed by atoms with E-state index in [4.69, 9.17) is 9.47 Å². The van der Waals surface area contributed by atoms with E-state index in [1.54, 1.807) is 6.92 Å². The Hall–Kier alpha value is -0.450. The summed E-state index contributed by atoms with van der Waals surface area (Å²) in [5, 5.41) is 9.28. The van der Waals surface area contributed by atoms with Gasteiger partial charge in [0.05, 0.1) is 19.3 Å². The highest BCUT2D eigenvalue weighted by molar-refractivity contribution is 5.50. The van der Waals surface area contributed by atoms with Gasteiger partial charge in [0.2, 0.25) is 0 Å². The van der Waals surface area contributed by atoms with Gasteiger partial charge >= 0.3 is 0 Å². The average Bonchev–Trinajstić information content (AvgIpc) is 2.55. The van der Waals surface area contributed by atoms with Gasteiger partial charge in [0, 0.05) is 12.8 Å². The third-order valence-electron chi connectivity index (χ3n) is 1.87. The van der Waals surface area contributed by atoms with Crippen molar-refractivity contribution in [3.8, 4) is 0 Å². The van der Waals surface area contributed by atoms with E-state index in [1.165, 1.54) is 0 Å². The first-order chi connectivity index (χ1) is 6.66.